The Morgan fingerprint density at radius 2 is 1.56 bits per heavy atom. The molecule has 0 rings (SSSR count). The zero-order valence-electron chi connectivity index (χ0n) is 11.1. The second kappa shape index (κ2) is 9.44. The second-order valence-electron chi connectivity index (χ2n) is 3.77. The molecule has 18 heavy (non-hydrogen) atoms. The van der Waals surface area contributed by atoms with E-state index in [1.165, 1.54) is 7.11 Å². The highest BCUT2D eigenvalue weighted by Gasteiger charge is 2.12. The number of carbonyl (C=O) groups is 3. The van der Waals surface area contributed by atoms with Crippen molar-refractivity contribution in [1.82, 2.24) is 0 Å². The lowest BCUT2D eigenvalue weighted by Crippen LogP contribution is -2.18. The Morgan fingerprint density at radius 3 is 2.11 bits per heavy atom. The van der Waals surface area contributed by atoms with Gasteiger partial charge in [-0.05, 0) is 6.42 Å². The maximum Gasteiger partial charge on any atom is 0.308 e. The van der Waals surface area contributed by atoms with Gasteiger partial charge in [0.1, 0.15) is 13.2 Å². The van der Waals surface area contributed by atoms with Crippen molar-refractivity contribution in [2.24, 2.45) is 5.92 Å². The van der Waals surface area contributed by atoms with Gasteiger partial charge in [0, 0.05) is 0 Å². The van der Waals surface area contributed by atoms with Gasteiger partial charge >= 0.3 is 17.9 Å². The predicted octanol–water partition coefficient (Wildman–Crippen LogP) is 1.07. The number of methoxy groups -OCH3 is 1. The van der Waals surface area contributed by atoms with Gasteiger partial charge < -0.3 is 14.2 Å². The molecular formula is C12H20O6. The molecule has 1 unspecified atom stereocenters. The summed E-state index contributed by atoms with van der Waals surface area (Å²) in [6.07, 6.45) is 0.658. The van der Waals surface area contributed by atoms with Crippen molar-refractivity contribution in [2.75, 3.05) is 20.3 Å². The first-order valence-corrected chi connectivity index (χ1v) is 5.90. The molecule has 0 spiro atoms. The molecule has 0 aromatic heterocycles. The topological polar surface area (TPSA) is 78.9 Å². The van der Waals surface area contributed by atoms with E-state index in [9.17, 15) is 14.4 Å². The van der Waals surface area contributed by atoms with Crippen LogP contribution in [0.3, 0.4) is 0 Å². The van der Waals surface area contributed by atoms with Crippen LogP contribution in [-0.2, 0) is 28.6 Å². The summed E-state index contributed by atoms with van der Waals surface area (Å²) in [5.74, 6) is -1.43. The number of carbonyl (C=O) groups excluding carboxylic acids is 3. The molecule has 6 nitrogen and oxygen atoms in total. The standard InChI is InChI=1S/C12H20O6/c1-4-9(2)12(15)18-8-7-17-11(14)6-5-10(13)16-3/h9H,4-8H2,1-3H3. The van der Waals surface area contributed by atoms with Crippen LogP contribution in [-0.4, -0.2) is 38.2 Å². The Balaban J connectivity index is 3.57. The molecule has 0 heterocycles. The molecule has 0 aliphatic rings. The van der Waals surface area contributed by atoms with Crippen LogP contribution < -0.4 is 0 Å². The van der Waals surface area contributed by atoms with E-state index in [0.717, 1.165) is 0 Å². The molecule has 0 aromatic rings. The molecule has 0 N–H and O–H groups in total. The first-order valence-electron chi connectivity index (χ1n) is 5.90. The van der Waals surface area contributed by atoms with Crippen molar-refractivity contribution < 1.29 is 28.6 Å². The van der Waals surface area contributed by atoms with Crippen molar-refractivity contribution in [3.63, 3.8) is 0 Å². The average molecular weight is 260 g/mol. The normalized spacial score (nSPS) is 11.5. The number of hydrogen-bond donors (Lipinski definition) is 0. The number of hydrogen-bond acceptors (Lipinski definition) is 6. The highest BCUT2D eigenvalue weighted by Crippen LogP contribution is 2.03. The molecule has 0 bridgehead atoms. The minimum Gasteiger partial charge on any atom is -0.469 e. The molecule has 0 amide bonds. The van der Waals surface area contributed by atoms with E-state index in [1.807, 2.05) is 6.92 Å². The van der Waals surface area contributed by atoms with E-state index < -0.39 is 11.9 Å². The van der Waals surface area contributed by atoms with Crippen LogP contribution in [0.25, 0.3) is 0 Å². The van der Waals surface area contributed by atoms with E-state index in [0.29, 0.717) is 6.42 Å². The maximum atomic E-state index is 11.2. The lowest BCUT2D eigenvalue weighted by molar-refractivity contribution is -0.155. The Bertz CT molecular complexity index is 286. The molecule has 0 radical (unpaired) electrons. The third kappa shape index (κ3) is 7.65. The molecule has 6 heteroatoms. The first-order chi connectivity index (χ1) is 8.51. The first kappa shape index (κ1) is 16.4. The Morgan fingerprint density at radius 1 is 1.00 bits per heavy atom. The number of ether oxygens (including phenoxy) is 3. The summed E-state index contributed by atoms with van der Waals surface area (Å²) in [7, 11) is 1.25. The molecule has 0 aliphatic heterocycles. The molecule has 0 saturated heterocycles. The Kier molecular flexibility index (Phi) is 8.61. The zero-order valence-corrected chi connectivity index (χ0v) is 11.1. The fourth-order valence-electron chi connectivity index (χ4n) is 0.985. The summed E-state index contributed by atoms with van der Waals surface area (Å²) < 4.78 is 14.0. The fourth-order valence-corrected chi connectivity index (χ4v) is 0.985. The minimum absolute atomic E-state index is 0.00216. The van der Waals surface area contributed by atoms with Crippen LogP contribution in [0.15, 0.2) is 0 Å². The minimum atomic E-state index is -0.514. The predicted molar refractivity (Wildman–Crippen MR) is 62.6 cm³/mol. The van der Waals surface area contributed by atoms with E-state index in [2.05, 4.69) is 4.74 Å². The second-order valence-corrected chi connectivity index (χ2v) is 3.77. The molecule has 0 saturated carbocycles. The van der Waals surface area contributed by atoms with Crippen LogP contribution in [0.1, 0.15) is 33.1 Å². The van der Waals surface area contributed by atoms with E-state index >= 15 is 0 Å². The largest absolute Gasteiger partial charge is 0.469 e. The Labute approximate surface area is 107 Å². The third-order valence-corrected chi connectivity index (χ3v) is 2.37. The average Bonchev–Trinajstić information content (AvgIpc) is 2.39. The smallest absolute Gasteiger partial charge is 0.308 e. The molecular weight excluding hydrogens is 240 g/mol. The quantitative estimate of drug-likeness (QED) is 0.369. The summed E-state index contributed by atoms with van der Waals surface area (Å²) in [6, 6.07) is 0. The van der Waals surface area contributed by atoms with E-state index in [1.54, 1.807) is 6.92 Å². The summed E-state index contributed by atoms with van der Waals surface area (Å²) in [6.45, 7) is 3.69. The SMILES string of the molecule is CCC(C)C(=O)OCCOC(=O)CCC(=O)OC. The highest BCUT2D eigenvalue weighted by atomic mass is 16.6. The van der Waals surface area contributed by atoms with Crippen LogP contribution in [0.5, 0.6) is 0 Å². The maximum absolute atomic E-state index is 11.2. The van der Waals surface area contributed by atoms with Gasteiger partial charge in [0.15, 0.2) is 0 Å². The summed E-state index contributed by atoms with van der Waals surface area (Å²) >= 11 is 0. The van der Waals surface area contributed by atoms with Gasteiger partial charge in [-0.3, -0.25) is 14.4 Å². The molecule has 0 aliphatic carbocycles. The molecule has 104 valence electrons. The van der Waals surface area contributed by atoms with Gasteiger partial charge in [-0.2, -0.15) is 0 Å². The highest BCUT2D eigenvalue weighted by molar-refractivity contribution is 5.77. The van der Waals surface area contributed by atoms with E-state index in [-0.39, 0.29) is 37.9 Å². The van der Waals surface area contributed by atoms with Gasteiger partial charge in [-0.1, -0.05) is 13.8 Å². The van der Waals surface area contributed by atoms with Crippen molar-refractivity contribution in [1.29, 1.82) is 0 Å². The van der Waals surface area contributed by atoms with Crippen molar-refractivity contribution in [3.05, 3.63) is 0 Å². The van der Waals surface area contributed by atoms with Gasteiger partial charge in [0.05, 0.1) is 25.9 Å². The number of rotatable bonds is 8. The molecule has 0 fully saturated rings. The molecule has 1 atom stereocenters. The van der Waals surface area contributed by atoms with Crippen molar-refractivity contribution in [3.8, 4) is 0 Å². The summed E-state index contributed by atoms with van der Waals surface area (Å²) in [5.41, 5.74) is 0. The monoisotopic (exact) mass is 260 g/mol. The van der Waals surface area contributed by atoms with Gasteiger partial charge in [0.2, 0.25) is 0 Å². The van der Waals surface area contributed by atoms with Crippen LogP contribution in [0.2, 0.25) is 0 Å². The van der Waals surface area contributed by atoms with Gasteiger partial charge in [-0.25, -0.2) is 0 Å². The summed E-state index contributed by atoms with van der Waals surface area (Å²) in [4.78, 5) is 33.1. The fraction of sp³-hybridized carbons (Fsp3) is 0.750. The van der Waals surface area contributed by atoms with Crippen molar-refractivity contribution >= 4 is 17.9 Å². The molecule has 0 aromatic carbocycles. The zero-order chi connectivity index (χ0) is 14.0. The lowest BCUT2D eigenvalue weighted by atomic mass is 10.1. The summed E-state index contributed by atoms with van der Waals surface area (Å²) in [5, 5.41) is 0. The van der Waals surface area contributed by atoms with Crippen LogP contribution in [0, 0.1) is 5.92 Å². The van der Waals surface area contributed by atoms with Crippen LogP contribution >= 0.6 is 0 Å². The Hall–Kier alpha value is -1.59. The van der Waals surface area contributed by atoms with Crippen LogP contribution in [0.4, 0.5) is 0 Å². The third-order valence-electron chi connectivity index (χ3n) is 2.37. The van der Waals surface area contributed by atoms with Gasteiger partial charge in [-0.15, -0.1) is 0 Å². The number of esters is 3. The van der Waals surface area contributed by atoms with E-state index in [4.69, 9.17) is 9.47 Å². The lowest BCUT2D eigenvalue weighted by Gasteiger charge is -2.09. The van der Waals surface area contributed by atoms with Gasteiger partial charge in [0.25, 0.3) is 0 Å². The van der Waals surface area contributed by atoms with Crippen molar-refractivity contribution in [2.45, 2.75) is 33.1 Å².